The summed E-state index contributed by atoms with van der Waals surface area (Å²) in [6.45, 7) is 5.26. The van der Waals surface area contributed by atoms with Gasteiger partial charge in [-0.05, 0) is 36.2 Å². The molecule has 0 heterocycles. The molecule has 1 nitrogen and oxygen atoms in total. The van der Waals surface area contributed by atoms with Gasteiger partial charge in [0.05, 0.1) is 0 Å². The highest BCUT2D eigenvalue weighted by Crippen LogP contribution is 2.30. The van der Waals surface area contributed by atoms with Crippen LogP contribution in [-0.2, 0) is 0 Å². The molecular formula is C18H22FN. The molecule has 0 aliphatic rings. The largest absolute Gasteiger partial charge is 0.309 e. The van der Waals surface area contributed by atoms with Crippen molar-refractivity contribution in [1.29, 1.82) is 0 Å². The van der Waals surface area contributed by atoms with E-state index in [1.54, 1.807) is 12.1 Å². The molecule has 1 N–H and O–H groups in total. The van der Waals surface area contributed by atoms with Gasteiger partial charge in [-0.3, -0.25) is 0 Å². The van der Waals surface area contributed by atoms with Gasteiger partial charge in [0.1, 0.15) is 5.82 Å². The summed E-state index contributed by atoms with van der Waals surface area (Å²) < 4.78 is 13.5. The average molecular weight is 271 g/mol. The van der Waals surface area contributed by atoms with E-state index in [0.29, 0.717) is 5.92 Å². The highest BCUT2D eigenvalue weighted by Gasteiger charge is 2.20. The number of halogens is 1. The molecule has 0 aromatic heterocycles. The minimum Gasteiger partial charge on any atom is -0.309 e. The number of hydrogen-bond acceptors (Lipinski definition) is 1. The molecule has 0 fully saturated rings. The Balaban J connectivity index is 2.27. The summed E-state index contributed by atoms with van der Waals surface area (Å²) in [5.74, 6) is 0.121. The lowest BCUT2D eigenvalue weighted by molar-refractivity contribution is 0.464. The molecule has 2 heteroatoms. The van der Waals surface area contributed by atoms with Gasteiger partial charge in [-0.25, -0.2) is 4.39 Å². The molecule has 2 atom stereocenters. The van der Waals surface area contributed by atoms with E-state index in [1.165, 1.54) is 11.6 Å². The van der Waals surface area contributed by atoms with E-state index < -0.39 is 0 Å². The third-order valence-electron chi connectivity index (χ3n) is 3.65. The molecule has 2 aromatic carbocycles. The second kappa shape index (κ2) is 7.20. The second-order valence-electron chi connectivity index (χ2n) is 5.19. The van der Waals surface area contributed by atoms with E-state index in [4.69, 9.17) is 0 Å². The summed E-state index contributed by atoms with van der Waals surface area (Å²) in [7, 11) is 0. The van der Waals surface area contributed by atoms with Crippen LogP contribution >= 0.6 is 0 Å². The van der Waals surface area contributed by atoms with Crippen molar-refractivity contribution in [2.45, 2.75) is 32.2 Å². The fourth-order valence-corrected chi connectivity index (χ4v) is 2.53. The first-order valence-electron chi connectivity index (χ1n) is 7.26. The fourth-order valence-electron chi connectivity index (χ4n) is 2.53. The van der Waals surface area contributed by atoms with Gasteiger partial charge in [-0.2, -0.15) is 0 Å². The maximum atomic E-state index is 13.5. The lowest BCUT2D eigenvalue weighted by atomic mass is 9.88. The Morgan fingerprint density at radius 2 is 1.70 bits per heavy atom. The zero-order chi connectivity index (χ0) is 14.4. The first kappa shape index (κ1) is 14.7. The van der Waals surface area contributed by atoms with Crippen LogP contribution in [0.2, 0.25) is 0 Å². The van der Waals surface area contributed by atoms with Crippen LogP contribution in [0.1, 0.15) is 43.4 Å². The first-order valence-corrected chi connectivity index (χ1v) is 7.26. The van der Waals surface area contributed by atoms with Gasteiger partial charge in [-0.15, -0.1) is 0 Å². The predicted molar refractivity (Wildman–Crippen MR) is 82.3 cm³/mol. The van der Waals surface area contributed by atoms with Crippen LogP contribution in [0.25, 0.3) is 0 Å². The van der Waals surface area contributed by atoms with Gasteiger partial charge in [-0.1, -0.05) is 56.3 Å². The Kier molecular flexibility index (Phi) is 5.31. The van der Waals surface area contributed by atoms with Crippen molar-refractivity contribution < 1.29 is 4.39 Å². The summed E-state index contributed by atoms with van der Waals surface area (Å²) in [6, 6.07) is 17.4. The van der Waals surface area contributed by atoms with Gasteiger partial charge in [0.2, 0.25) is 0 Å². The van der Waals surface area contributed by atoms with Crippen molar-refractivity contribution in [3.8, 4) is 0 Å². The molecule has 106 valence electrons. The molecule has 0 aliphatic carbocycles. The molecule has 0 radical (unpaired) electrons. The molecule has 0 spiro atoms. The molecule has 2 aromatic rings. The number of benzene rings is 2. The van der Waals surface area contributed by atoms with Gasteiger partial charge in [0, 0.05) is 12.0 Å². The van der Waals surface area contributed by atoms with Crippen LogP contribution in [0.3, 0.4) is 0 Å². The van der Waals surface area contributed by atoms with Crippen LogP contribution < -0.4 is 5.32 Å². The van der Waals surface area contributed by atoms with Crippen molar-refractivity contribution in [2.75, 3.05) is 6.54 Å². The summed E-state index contributed by atoms with van der Waals surface area (Å²) in [5, 5.41) is 3.54. The van der Waals surface area contributed by atoms with E-state index in [-0.39, 0.29) is 11.9 Å². The van der Waals surface area contributed by atoms with Crippen molar-refractivity contribution in [3.63, 3.8) is 0 Å². The monoisotopic (exact) mass is 271 g/mol. The Hall–Kier alpha value is -1.67. The molecule has 20 heavy (non-hydrogen) atoms. The molecule has 0 bridgehead atoms. The highest BCUT2D eigenvalue weighted by atomic mass is 19.1. The van der Waals surface area contributed by atoms with E-state index in [9.17, 15) is 4.39 Å². The number of rotatable bonds is 6. The Labute approximate surface area is 120 Å². The van der Waals surface area contributed by atoms with Crippen LogP contribution in [0.5, 0.6) is 0 Å². The zero-order valence-corrected chi connectivity index (χ0v) is 12.1. The van der Waals surface area contributed by atoms with Gasteiger partial charge < -0.3 is 5.32 Å². The summed E-state index contributed by atoms with van der Waals surface area (Å²) in [5.41, 5.74) is 2.28. The van der Waals surface area contributed by atoms with Crippen molar-refractivity contribution >= 4 is 0 Å². The topological polar surface area (TPSA) is 12.0 Å². The van der Waals surface area contributed by atoms with Crippen molar-refractivity contribution in [1.82, 2.24) is 5.32 Å². The summed E-state index contributed by atoms with van der Waals surface area (Å²) in [4.78, 5) is 0. The van der Waals surface area contributed by atoms with Gasteiger partial charge in [0.15, 0.2) is 0 Å². The Morgan fingerprint density at radius 1 is 1.00 bits per heavy atom. The molecule has 0 saturated carbocycles. The van der Waals surface area contributed by atoms with Crippen LogP contribution in [-0.4, -0.2) is 6.54 Å². The van der Waals surface area contributed by atoms with Gasteiger partial charge in [0.25, 0.3) is 0 Å². The van der Waals surface area contributed by atoms with Gasteiger partial charge >= 0.3 is 0 Å². The molecule has 0 amide bonds. The summed E-state index contributed by atoms with van der Waals surface area (Å²) >= 11 is 0. The van der Waals surface area contributed by atoms with Crippen molar-refractivity contribution in [2.24, 2.45) is 0 Å². The summed E-state index contributed by atoms with van der Waals surface area (Å²) in [6.07, 6.45) is 1.06. The second-order valence-corrected chi connectivity index (χ2v) is 5.19. The lowest BCUT2D eigenvalue weighted by Gasteiger charge is -2.26. The Bertz CT molecular complexity index is 524. The maximum absolute atomic E-state index is 13.5. The third-order valence-corrected chi connectivity index (χ3v) is 3.65. The Morgan fingerprint density at radius 3 is 2.35 bits per heavy atom. The smallest absolute Gasteiger partial charge is 0.123 e. The van der Waals surface area contributed by atoms with Crippen LogP contribution in [0, 0.1) is 5.82 Å². The first-order chi connectivity index (χ1) is 9.72. The molecule has 0 saturated heterocycles. The lowest BCUT2D eigenvalue weighted by Crippen LogP contribution is -2.26. The predicted octanol–water partition coefficient (Wildman–Crippen LogP) is 4.67. The molecule has 0 aliphatic heterocycles. The minimum atomic E-state index is -0.175. The SMILES string of the molecule is CCCNC(c1cccc(F)c1)C(C)c1ccccc1. The fraction of sp³-hybridized carbons (Fsp3) is 0.333. The normalized spacial score (nSPS) is 13.9. The molecular weight excluding hydrogens is 249 g/mol. The minimum absolute atomic E-state index is 0.132. The van der Waals surface area contributed by atoms with E-state index in [0.717, 1.165) is 18.5 Å². The maximum Gasteiger partial charge on any atom is 0.123 e. The zero-order valence-electron chi connectivity index (χ0n) is 12.1. The average Bonchev–Trinajstić information content (AvgIpc) is 2.48. The molecule has 2 rings (SSSR count). The van der Waals surface area contributed by atoms with E-state index in [2.05, 4.69) is 31.3 Å². The highest BCUT2D eigenvalue weighted by molar-refractivity contribution is 5.28. The van der Waals surface area contributed by atoms with Crippen LogP contribution in [0.4, 0.5) is 4.39 Å². The molecule has 2 unspecified atom stereocenters. The third kappa shape index (κ3) is 3.67. The standard InChI is InChI=1S/C18H22FN/c1-3-12-20-18(16-10-7-11-17(19)13-16)14(2)15-8-5-4-6-9-15/h4-11,13-14,18,20H,3,12H2,1-2H3. The van der Waals surface area contributed by atoms with E-state index in [1.807, 2.05) is 24.3 Å². The number of nitrogens with one attached hydrogen (secondary N) is 1. The number of hydrogen-bond donors (Lipinski definition) is 1. The van der Waals surface area contributed by atoms with Crippen molar-refractivity contribution in [3.05, 3.63) is 71.5 Å². The van der Waals surface area contributed by atoms with Crippen LogP contribution in [0.15, 0.2) is 54.6 Å². The quantitative estimate of drug-likeness (QED) is 0.805. The van der Waals surface area contributed by atoms with E-state index >= 15 is 0 Å².